The average Bonchev–Trinajstić information content (AvgIpc) is 3.65. The van der Waals surface area contributed by atoms with Gasteiger partial charge < -0.3 is 35.7 Å². The second-order valence-corrected chi connectivity index (χ2v) is 9.43. The summed E-state index contributed by atoms with van der Waals surface area (Å²) >= 11 is 1.43. The molecular formula is C25H27N5O6S. The van der Waals surface area contributed by atoms with E-state index in [1.54, 1.807) is 30.3 Å². The number of carbonyl (C=O) groups excluding carboxylic acids is 4. The van der Waals surface area contributed by atoms with Crippen LogP contribution in [0.25, 0.3) is 0 Å². The summed E-state index contributed by atoms with van der Waals surface area (Å²) in [5.41, 5.74) is 6.05. The first-order valence-electron chi connectivity index (χ1n) is 11.5. The molecule has 1 aliphatic heterocycles. The van der Waals surface area contributed by atoms with Gasteiger partial charge in [-0.15, -0.1) is 11.3 Å². The van der Waals surface area contributed by atoms with E-state index < -0.39 is 41.9 Å². The number of nitrogens with two attached hydrogens (primary N) is 1. The summed E-state index contributed by atoms with van der Waals surface area (Å²) in [5, 5.41) is 10.0. The summed E-state index contributed by atoms with van der Waals surface area (Å²) in [6, 6.07) is 10.2. The van der Waals surface area contributed by atoms with Crippen molar-refractivity contribution in [3.05, 3.63) is 70.8 Å². The number of nitrogens with zero attached hydrogens (tertiary/aromatic N) is 1. The molecule has 12 heteroatoms. The van der Waals surface area contributed by atoms with Gasteiger partial charge in [0.05, 0.1) is 19.4 Å². The first-order chi connectivity index (χ1) is 17.9. The Hall–Kier alpha value is -4.32. The Labute approximate surface area is 216 Å². The number of thiophene rings is 1. The molecule has 194 valence electrons. The number of amides is 5. The fourth-order valence-corrected chi connectivity index (χ4v) is 4.94. The lowest BCUT2D eigenvalue weighted by Gasteiger charge is -2.28. The van der Waals surface area contributed by atoms with Gasteiger partial charge in [0.1, 0.15) is 17.8 Å². The molecule has 5 amide bonds. The van der Waals surface area contributed by atoms with E-state index in [4.69, 9.17) is 14.9 Å². The molecule has 0 bridgehead atoms. The van der Waals surface area contributed by atoms with Crippen molar-refractivity contribution >= 4 is 40.8 Å². The van der Waals surface area contributed by atoms with Crippen molar-refractivity contribution < 1.29 is 28.3 Å². The number of primary amides is 1. The summed E-state index contributed by atoms with van der Waals surface area (Å²) in [4.78, 5) is 53.7. The molecule has 1 fully saturated rings. The molecule has 3 heterocycles. The van der Waals surface area contributed by atoms with Gasteiger partial charge in [0, 0.05) is 29.6 Å². The van der Waals surface area contributed by atoms with Gasteiger partial charge in [-0.25, -0.2) is 4.79 Å². The number of urea groups is 1. The number of furan rings is 1. The van der Waals surface area contributed by atoms with E-state index in [0.717, 1.165) is 4.88 Å². The highest BCUT2D eigenvalue weighted by molar-refractivity contribution is 7.09. The molecular weight excluding hydrogens is 498 g/mol. The number of ether oxygens (including phenoxy) is 1. The summed E-state index contributed by atoms with van der Waals surface area (Å²) in [5.74, 6) is -1.19. The van der Waals surface area contributed by atoms with Crippen LogP contribution in [0.4, 0.5) is 10.5 Å². The number of hydrogen-bond acceptors (Lipinski definition) is 7. The fraction of sp³-hybridized carbons (Fsp3) is 0.280. The van der Waals surface area contributed by atoms with Crippen molar-refractivity contribution in [1.82, 2.24) is 15.5 Å². The van der Waals surface area contributed by atoms with Gasteiger partial charge in [-0.2, -0.15) is 0 Å². The second-order valence-electron chi connectivity index (χ2n) is 8.39. The van der Waals surface area contributed by atoms with Crippen molar-refractivity contribution in [3.63, 3.8) is 0 Å². The topological polar surface area (TPSA) is 156 Å². The lowest BCUT2D eigenvalue weighted by Crippen LogP contribution is -2.58. The molecule has 0 unspecified atom stereocenters. The van der Waals surface area contributed by atoms with Gasteiger partial charge in [-0.1, -0.05) is 12.1 Å². The van der Waals surface area contributed by atoms with Crippen LogP contribution in [0.1, 0.15) is 21.9 Å². The molecule has 5 N–H and O–H groups in total. The molecule has 0 aliphatic carbocycles. The summed E-state index contributed by atoms with van der Waals surface area (Å²) in [6.45, 7) is 0.188. The number of methoxy groups -OCH3 is 1. The van der Waals surface area contributed by atoms with Gasteiger partial charge in [0.15, 0.2) is 5.76 Å². The number of nitrogens with one attached hydrogen (secondary N) is 3. The Kier molecular flexibility index (Phi) is 8.08. The second kappa shape index (κ2) is 11.6. The van der Waals surface area contributed by atoms with Gasteiger partial charge in [-0.3, -0.25) is 14.4 Å². The number of carbonyl (C=O) groups is 4. The molecule has 1 saturated heterocycles. The molecule has 3 atom stereocenters. The van der Waals surface area contributed by atoms with Gasteiger partial charge in [0.2, 0.25) is 11.8 Å². The first kappa shape index (κ1) is 25.8. The maximum Gasteiger partial charge on any atom is 0.319 e. The standard InChI is InChI=1S/C25H27N5O6S/c1-35-16-6-2-5-15(13-16)27-25(34)29-18-9-10-30(24(33)20-8-3-11-36-20)21(18)23(32)28-19(22(26)31)14-17-7-4-12-37-17/h2-8,11-13,18-19,21H,9-10,14H2,1H3,(H2,26,31)(H,28,32)(H2,27,29,34)/t18-,19+,21+/m1/s1. The Morgan fingerprint density at radius 2 is 2.03 bits per heavy atom. The lowest BCUT2D eigenvalue weighted by atomic mass is 10.1. The van der Waals surface area contributed by atoms with Crippen molar-refractivity contribution in [2.24, 2.45) is 5.73 Å². The van der Waals surface area contributed by atoms with Crippen molar-refractivity contribution in [2.45, 2.75) is 31.0 Å². The summed E-state index contributed by atoms with van der Waals surface area (Å²) < 4.78 is 10.4. The zero-order valence-corrected chi connectivity index (χ0v) is 20.8. The SMILES string of the molecule is COc1cccc(NC(=O)N[C@@H]2CCN(C(=O)c3ccco3)[C@@H]2C(=O)N[C@@H](Cc2cccs2)C(N)=O)c1. The fourth-order valence-electron chi connectivity index (χ4n) is 4.18. The minimum Gasteiger partial charge on any atom is -0.497 e. The van der Waals surface area contributed by atoms with Crippen LogP contribution < -0.4 is 26.4 Å². The number of anilines is 1. The predicted molar refractivity (Wildman–Crippen MR) is 136 cm³/mol. The minimum atomic E-state index is -1.10. The number of rotatable bonds is 9. The Balaban J connectivity index is 1.52. The molecule has 1 aromatic carbocycles. The third-order valence-corrected chi connectivity index (χ3v) is 6.85. The largest absolute Gasteiger partial charge is 0.497 e. The predicted octanol–water partition coefficient (Wildman–Crippen LogP) is 1.97. The van der Waals surface area contributed by atoms with Crippen LogP contribution in [0.5, 0.6) is 5.75 Å². The third-order valence-electron chi connectivity index (χ3n) is 5.95. The van der Waals surface area contributed by atoms with Crippen LogP contribution in [0, 0.1) is 0 Å². The van der Waals surface area contributed by atoms with E-state index in [1.807, 2.05) is 17.5 Å². The normalized spacial score (nSPS) is 17.6. The van der Waals surface area contributed by atoms with E-state index in [-0.39, 0.29) is 18.7 Å². The Morgan fingerprint density at radius 3 is 2.70 bits per heavy atom. The van der Waals surface area contributed by atoms with Gasteiger partial charge >= 0.3 is 6.03 Å². The molecule has 4 rings (SSSR count). The smallest absolute Gasteiger partial charge is 0.319 e. The van der Waals surface area contributed by atoms with Crippen molar-refractivity contribution in [2.75, 3.05) is 19.0 Å². The van der Waals surface area contributed by atoms with E-state index in [2.05, 4.69) is 16.0 Å². The quantitative estimate of drug-likeness (QED) is 0.335. The first-order valence-corrected chi connectivity index (χ1v) is 12.4. The molecule has 3 aromatic rings. The molecule has 37 heavy (non-hydrogen) atoms. The highest BCUT2D eigenvalue weighted by Gasteiger charge is 2.44. The van der Waals surface area contributed by atoms with E-state index in [9.17, 15) is 19.2 Å². The minimum absolute atomic E-state index is 0.0596. The van der Waals surface area contributed by atoms with E-state index >= 15 is 0 Å². The number of hydrogen-bond donors (Lipinski definition) is 4. The highest BCUT2D eigenvalue weighted by Crippen LogP contribution is 2.23. The molecule has 0 saturated carbocycles. The summed E-state index contributed by atoms with van der Waals surface area (Å²) in [6.07, 6.45) is 1.88. The lowest BCUT2D eigenvalue weighted by molar-refractivity contribution is -0.130. The zero-order valence-electron chi connectivity index (χ0n) is 20.0. The maximum absolute atomic E-state index is 13.5. The monoisotopic (exact) mass is 525 g/mol. The Morgan fingerprint density at radius 1 is 1.19 bits per heavy atom. The molecule has 2 aromatic heterocycles. The molecule has 0 spiro atoms. The van der Waals surface area contributed by atoms with Crippen LogP contribution >= 0.6 is 11.3 Å². The van der Waals surface area contributed by atoms with Crippen LogP contribution in [0.2, 0.25) is 0 Å². The molecule has 0 radical (unpaired) electrons. The van der Waals surface area contributed by atoms with Crippen LogP contribution in [-0.2, 0) is 16.0 Å². The average molecular weight is 526 g/mol. The number of likely N-dealkylation sites (tertiary alicyclic amines) is 1. The third kappa shape index (κ3) is 6.28. The van der Waals surface area contributed by atoms with E-state index in [1.165, 1.54) is 35.7 Å². The number of benzene rings is 1. The van der Waals surface area contributed by atoms with Crippen molar-refractivity contribution in [1.29, 1.82) is 0 Å². The summed E-state index contributed by atoms with van der Waals surface area (Å²) in [7, 11) is 1.52. The van der Waals surface area contributed by atoms with Crippen LogP contribution in [-0.4, -0.2) is 60.4 Å². The van der Waals surface area contributed by atoms with Gasteiger partial charge in [-0.05, 0) is 42.1 Å². The van der Waals surface area contributed by atoms with Gasteiger partial charge in [0.25, 0.3) is 5.91 Å². The zero-order chi connectivity index (χ0) is 26.4. The maximum atomic E-state index is 13.5. The van der Waals surface area contributed by atoms with E-state index in [0.29, 0.717) is 17.9 Å². The molecule has 11 nitrogen and oxygen atoms in total. The van der Waals surface area contributed by atoms with Crippen LogP contribution in [0.15, 0.2) is 64.6 Å². The van der Waals surface area contributed by atoms with Crippen LogP contribution in [0.3, 0.4) is 0 Å². The molecule has 1 aliphatic rings. The van der Waals surface area contributed by atoms with Crippen molar-refractivity contribution in [3.8, 4) is 5.75 Å². The Bertz CT molecular complexity index is 1250. The highest BCUT2D eigenvalue weighted by atomic mass is 32.1.